The molecule has 0 spiro atoms. The normalized spacial score (nSPS) is 10.4. The predicted octanol–water partition coefficient (Wildman–Crippen LogP) is 1.50. The average molecular weight is 222 g/mol. The average Bonchev–Trinajstić information content (AvgIpc) is 2.30. The summed E-state index contributed by atoms with van der Waals surface area (Å²) in [6.07, 6.45) is -0.354. The second-order valence-corrected chi connectivity index (χ2v) is 3.94. The zero-order valence-electron chi connectivity index (χ0n) is 9.23. The van der Waals surface area contributed by atoms with Crippen LogP contribution >= 0.6 is 0 Å². The van der Waals surface area contributed by atoms with Gasteiger partial charge in [-0.25, -0.2) is 0 Å². The summed E-state index contributed by atoms with van der Waals surface area (Å²) >= 11 is 0. The predicted molar refractivity (Wildman–Crippen MR) is 59.8 cm³/mol. The van der Waals surface area contributed by atoms with Gasteiger partial charge in [-0.05, 0) is 17.5 Å². The molecule has 0 aliphatic heterocycles. The molecule has 0 aromatic heterocycles. The summed E-state index contributed by atoms with van der Waals surface area (Å²) in [6.45, 7) is 3.84. The monoisotopic (exact) mass is 222 g/mol. The van der Waals surface area contributed by atoms with Crippen molar-refractivity contribution < 1.29 is 15.0 Å². The zero-order valence-corrected chi connectivity index (χ0v) is 9.23. The third-order valence-corrected chi connectivity index (χ3v) is 2.32. The van der Waals surface area contributed by atoms with Crippen LogP contribution in [0.4, 0.5) is 0 Å². The molecule has 0 fully saturated rings. The Hall–Kier alpha value is -1.84. The molecule has 0 heterocycles. The van der Waals surface area contributed by atoms with E-state index in [-0.39, 0.29) is 17.9 Å². The number of aromatic hydroxyl groups is 1. The van der Waals surface area contributed by atoms with Crippen LogP contribution in [-0.4, -0.2) is 16.2 Å². The minimum absolute atomic E-state index is 0.143. The van der Waals surface area contributed by atoms with Crippen LogP contribution in [0.15, 0.2) is 23.0 Å². The number of hydrogen-bond acceptors (Lipinski definition) is 3. The van der Waals surface area contributed by atoms with Crippen LogP contribution in [0, 0.1) is 0 Å². The highest BCUT2D eigenvalue weighted by Crippen LogP contribution is 2.16. The molecule has 0 aliphatic carbocycles. The number of carboxylic acid groups (broad SMARTS) is 1. The molecule has 4 heteroatoms. The van der Waals surface area contributed by atoms with E-state index in [1.807, 2.05) is 13.8 Å². The number of hydrogen-bond donors (Lipinski definition) is 2. The van der Waals surface area contributed by atoms with Gasteiger partial charge in [0, 0.05) is 5.56 Å². The first-order chi connectivity index (χ1) is 7.41. The molecule has 4 nitrogen and oxygen atoms in total. The SMILES string of the molecule is CC(C)c1ccc(CC(=O)O)c(O)c(=O)c1. The molecule has 86 valence electrons. The van der Waals surface area contributed by atoms with Crippen LogP contribution in [0.25, 0.3) is 0 Å². The van der Waals surface area contributed by atoms with Crippen molar-refractivity contribution in [1.82, 2.24) is 0 Å². The lowest BCUT2D eigenvalue weighted by molar-refractivity contribution is -0.136. The lowest BCUT2D eigenvalue weighted by Crippen LogP contribution is -2.03. The molecule has 0 unspecified atom stereocenters. The number of rotatable bonds is 3. The fourth-order valence-corrected chi connectivity index (χ4v) is 1.37. The van der Waals surface area contributed by atoms with Crippen molar-refractivity contribution in [3.63, 3.8) is 0 Å². The van der Waals surface area contributed by atoms with Crippen LogP contribution in [0.2, 0.25) is 0 Å². The van der Waals surface area contributed by atoms with E-state index < -0.39 is 17.1 Å². The molecule has 0 amide bonds. The third kappa shape index (κ3) is 2.82. The number of carboxylic acids is 1. The van der Waals surface area contributed by atoms with Crippen molar-refractivity contribution >= 4 is 5.97 Å². The maximum Gasteiger partial charge on any atom is 0.307 e. The Morgan fingerprint density at radius 1 is 1.38 bits per heavy atom. The molecular formula is C12H14O4. The van der Waals surface area contributed by atoms with Crippen LogP contribution in [0.1, 0.15) is 30.9 Å². The first-order valence-electron chi connectivity index (χ1n) is 4.99. The molecule has 0 saturated carbocycles. The molecule has 1 rings (SSSR count). The van der Waals surface area contributed by atoms with Gasteiger partial charge in [0.2, 0.25) is 5.43 Å². The van der Waals surface area contributed by atoms with Crippen molar-refractivity contribution in [2.24, 2.45) is 0 Å². The summed E-state index contributed by atoms with van der Waals surface area (Å²) in [6, 6.07) is 4.50. The van der Waals surface area contributed by atoms with Gasteiger partial charge in [-0.2, -0.15) is 0 Å². The molecule has 0 radical (unpaired) electrons. The second kappa shape index (κ2) is 4.79. The van der Waals surface area contributed by atoms with E-state index in [0.29, 0.717) is 0 Å². The summed E-state index contributed by atoms with van der Waals surface area (Å²) < 4.78 is 0. The van der Waals surface area contributed by atoms with Crippen molar-refractivity contribution in [3.05, 3.63) is 39.5 Å². The van der Waals surface area contributed by atoms with Gasteiger partial charge in [0.15, 0.2) is 5.75 Å². The molecule has 0 saturated heterocycles. The Balaban J connectivity index is 3.34. The molecule has 1 aromatic carbocycles. The Morgan fingerprint density at radius 2 is 2.00 bits per heavy atom. The highest BCUT2D eigenvalue weighted by molar-refractivity contribution is 5.71. The molecular weight excluding hydrogens is 208 g/mol. The maximum absolute atomic E-state index is 11.5. The van der Waals surface area contributed by atoms with Crippen LogP contribution < -0.4 is 5.43 Å². The highest BCUT2D eigenvalue weighted by Gasteiger charge is 2.09. The van der Waals surface area contributed by atoms with Gasteiger partial charge < -0.3 is 10.2 Å². The quantitative estimate of drug-likeness (QED) is 0.812. The molecule has 0 bridgehead atoms. The second-order valence-electron chi connectivity index (χ2n) is 3.94. The van der Waals surface area contributed by atoms with Gasteiger partial charge in [-0.15, -0.1) is 0 Å². The van der Waals surface area contributed by atoms with Gasteiger partial charge >= 0.3 is 5.97 Å². The third-order valence-electron chi connectivity index (χ3n) is 2.32. The lowest BCUT2D eigenvalue weighted by Gasteiger charge is -1.99. The van der Waals surface area contributed by atoms with Gasteiger partial charge in [-0.3, -0.25) is 9.59 Å². The maximum atomic E-state index is 11.5. The van der Waals surface area contributed by atoms with Gasteiger partial charge in [0.05, 0.1) is 6.42 Å². The van der Waals surface area contributed by atoms with E-state index in [0.717, 1.165) is 5.56 Å². The van der Waals surface area contributed by atoms with Crippen molar-refractivity contribution in [1.29, 1.82) is 0 Å². The van der Waals surface area contributed by atoms with E-state index in [1.54, 1.807) is 6.07 Å². The topological polar surface area (TPSA) is 74.6 Å². The van der Waals surface area contributed by atoms with E-state index in [1.165, 1.54) is 12.1 Å². The van der Waals surface area contributed by atoms with E-state index >= 15 is 0 Å². The Morgan fingerprint density at radius 3 is 2.50 bits per heavy atom. The van der Waals surface area contributed by atoms with Gasteiger partial charge in [0.25, 0.3) is 0 Å². The van der Waals surface area contributed by atoms with Crippen molar-refractivity contribution in [2.75, 3.05) is 0 Å². The molecule has 1 aromatic rings. The molecule has 2 N–H and O–H groups in total. The van der Waals surface area contributed by atoms with Gasteiger partial charge in [-0.1, -0.05) is 26.0 Å². The van der Waals surface area contributed by atoms with Gasteiger partial charge in [0.1, 0.15) is 0 Å². The fourth-order valence-electron chi connectivity index (χ4n) is 1.37. The summed E-state index contributed by atoms with van der Waals surface area (Å²) in [5.41, 5.74) is 0.381. The first-order valence-corrected chi connectivity index (χ1v) is 4.99. The van der Waals surface area contributed by atoms with Crippen LogP contribution in [-0.2, 0) is 11.2 Å². The lowest BCUT2D eigenvalue weighted by atomic mass is 10.1. The summed E-state index contributed by atoms with van der Waals surface area (Å²) in [7, 11) is 0. The minimum Gasteiger partial charge on any atom is -0.504 e. The van der Waals surface area contributed by atoms with Crippen LogP contribution in [0.3, 0.4) is 0 Å². The van der Waals surface area contributed by atoms with Crippen molar-refractivity contribution in [2.45, 2.75) is 26.2 Å². The standard InChI is InChI=1S/C12H14O4/c1-7(2)8-3-4-9(6-11(14)15)12(16)10(13)5-8/h3-5,7H,6H2,1-2H3,(H,13,16)(H,14,15). The first kappa shape index (κ1) is 12.2. The smallest absolute Gasteiger partial charge is 0.307 e. The van der Waals surface area contributed by atoms with E-state index in [4.69, 9.17) is 5.11 Å². The Kier molecular flexibility index (Phi) is 3.66. The number of carbonyl (C=O) groups is 1. The minimum atomic E-state index is -1.08. The zero-order chi connectivity index (χ0) is 12.3. The Bertz CT molecular complexity index is 463. The number of aliphatic carboxylic acids is 1. The Labute approximate surface area is 93.2 Å². The van der Waals surface area contributed by atoms with Crippen LogP contribution in [0.5, 0.6) is 5.75 Å². The summed E-state index contributed by atoms with van der Waals surface area (Å²) in [5.74, 6) is -1.40. The van der Waals surface area contributed by atoms with E-state index in [2.05, 4.69) is 0 Å². The largest absolute Gasteiger partial charge is 0.504 e. The molecule has 0 aliphatic rings. The summed E-state index contributed by atoms with van der Waals surface area (Å²) in [5, 5.41) is 18.2. The highest BCUT2D eigenvalue weighted by atomic mass is 16.4. The fraction of sp³-hybridized carbons (Fsp3) is 0.333. The molecule has 16 heavy (non-hydrogen) atoms. The van der Waals surface area contributed by atoms with E-state index in [9.17, 15) is 14.7 Å². The summed E-state index contributed by atoms with van der Waals surface area (Å²) in [4.78, 5) is 22.0. The molecule has 0 atom stereocenters. The van der Waals surface area contributed by atoms with Crippen molar-refractivity contribution in [3.8, 4) is 5.75 Å².